The van der Waals surface area contributed by atoms with Crippen LogP contribution in [0.3, 0.4) is 0 Å². The van der Waals surface area contributed by atoms with Crippen LogP contribution in [0.25, 0.3) is 0 Å². The Hall–Kier alpha value is -1.69. The predicted octanol–water partition coefficient (Wildman–Crippen LogP) is 0.368. The molecule has 6 nitrogen and oxygen atoms in total. The molecular weight excluding hydrogens is 200 g/mol. The van der Waals surface area contributed by atoms with E-state index in [-0.39, 0.29) is 5.78 Å². The minimum absolute atomic E-state index is 0.150. The van der Waals surface area contributed by atoms with Gasteiger partial charge in [0.05, 0.1) is 10.5 Å². The highest BCUT2D eigenvalue weighted by atomic mass is 16.7. The molecule has 15 heavy (non-hydrogen) atoms. The van der Waals surface area contributed by atoms with Crippen molar-refractivity contribution in [1.82, 2.24) is 0 Å². The summed E-state index contributed by atoms with van der Waals surface area (Å²) in [7, 11) is 0. The summed E-state index contributed by atoms with van der Waals surface area (Å²) in [4.78, 5) is 20.6. The summed E-state index contributed by atoms with van der Waals surface area (Å²) in [6.45, 7) is 0.814. The maximum absolute atomic E-state index is 11.1. The fraction of sp³-hybridized carbons (Fsp3) is 0.444. The lowest BCUT2D eigenvalue weighted by molar-refractivity contribution is -0.521. The molecule has 0 saturated heterocycles. The van der Waals surface area contributed by atoms with Gasteiger partial charge in [-0.15, -0.1) is 0 Å². The number of ether oxygens (including phenoxy) is 1. The molecule has 0 aromatic heterocycles. The monoisotopic (exact) mass is 212 g/mol. The summed E-state index contributed by atoms with van der Waals surface area (Å²) in [6.07, 6.45) is 4.86. The third-order valence-electron chi connectivity index (χ3n) is 2.18. The number of rotatable bonds is 4. The summed E-state index contributed by atoms with van der Waals surface area (Å²) in [5.74, 6) is 0.220. The lowest BCUT2D eigenvalue weighted by atomic mass is 9.88. The first-order valence-corrected chi connectivity index (χ1v) is 4.38. The van der Waals surface area contributed by atoms with Crippen LogP contribution >= 0.6 is 0 Å². The SMILES string of the molecule is CC(=O)C1(N)C=CC(OC[N+](=O)[O-])=CC1. The van der Waals surface area contributed by atoms with E-state index in [0.29, 0.717) is 12.2 Å². The first kappa shape index (κ1) is 11.4. The number of nitrogens with zero attached hydrogens (tertiary/aromatic N) is 1. The Kier molecular flexibility index (Phi) is 3.21. The molecule has 0 aliphatic heterocycles. The standard InChI is InChI=1S/C9H12N2O4/c1-7(12)9(10)4-2-8(3-5-9)15-6-11(13)14/h2-4H,5-6,10H2,1H3. The molecule has 0 bridgehead atoms. The van der Waals surface area contributed by atoms with Crippen LogP contribution in [0.15, 0.2) is 24.0 Å². The van der Waals surface area contributed by atoms with Crippen molar-refractivity contribution >= 4 is 5.78 Å². The van der Waals surface area contributed by atoms with Crippen molar-refractivity contribution in [2.75, 3.05) is 6.73 Å². The van der Waals surface area contributed by atoms with Gasteiger partial charge in [0.25, 0.3) is 0 Å². The lowest BCUT2D eigenvalue weighted by Crippen LogP contribution is -2.45. The quantitative estimate of drug-likeness (QED) is 0.412. The molecular formula is C9H12N2O4. The summed E-state index contributed by atoms with van der Waals surface area (Å²) in [5, 5.41) is 10.0. The third-order valence-corrected chi connectivity index (χ3v) is 2.18. The Morgan fingerprint density at radius 3 is 2.87 bits per heavy atom. The van der Waals surface area contributed by atoms with Crippen LogP contribution in [0.1, 0.15) is 13.3 Å². The van der Waals surface area contributed by atoms with Crippen molar-refractivity contribution in [1.29, 1.82) is 0 Å². The van der Waals surface area contributed by atoms with Crippen molar-refractivity contribution in [2.24, 2.45) is 5.73 Å². The van der Waals surface area contributed by atoms with Gasteiger partial charge in [-0.05, 0) is 25.5 Å². The van der Waals surface area contributed by atoms with E-state index in [1.54, 1.807) is 6.08 Å². The number of nitro groups is 1. The number of hydrogen-bond acceptors (Lipinski definition) is 5. The van der Waals surface area contributed by atoms with E-state index in [1.807, 2.05) is 0 Å². The largest absolute Gasteiger partial charge is 0.432 e. The highest BCUT2D eigenvalue weighted by molar-refractivity contribution is 5.88. The molecule has 2 N–H and O–H groups in total. The first-order valence-electron chi connectivity index (χ1n) is 4.38. The Bertz CT molecular complexity index is 348. The lowest BCUT2D eigenvalue weighted by Gasteiger charge is -2.24. The van der Waals surface area contributed by atoms with E-state index in [0.717, 1.165) is 0 Å². The number of allylic oxidation sites excluding steroid dienone is 1. The van der Waals surface area contributed by atoms with Crippen molar-refractivity contribution in [2.45, 2.75) is 18.9 Å². The molecule has 0 radical (unpaired) electrons. The molecule has 0 aromatic rings. The normalized spacial score (nSPS) is 24.5. The zero-order chi connectivity index (χ0) is 11.5. The van der Waals surface area contributed by atoms with E-state index >= 15 is 0 Å². The van der Waals surface area contributed by atoms with Gasteiger partial charge < -0.3 is 10.5 Å². The van der Waals surface area contributed by atoms with Crippen LogP contribution in [0.2, 0.25) is 0 Å². The average molecular weight is 212 g/mol. The van der Waals surface area contributed by atoms with Gasteiger partial charge in [-0.1, -0.05) is 6.08 Å². The summed E-state index contributed by atoms with van der Waals surface area (Å²) in [5.41, 5.74) is 4.75. The number of ketones is 1. The maximum atomic E-state index is 11.1. The number of nitrogens with two attached hydrogens (primary N) is 1. The molecule has 1 aliphatic carbocycles. The van der Waals surface area contributed by atoms with Gasteiger partial charge in [0.15, 0.2) is 5.78 Å². The maximum Gasteiger partial charge on any atom is 0.344 e. The minimum Gasteiger partial charge on any atom is -0.432 e. The van der Waals surface area contributed by atoms with Crippen LogP contribution in [-0.4, -0.2) is 23.0 Å². The molecule has 1 rings (SSSR count). The van der Waals surface area contributed by atoms with Crippen LogP contribution in [0.5, 0.6) is 0 Å². The smallest absolute Gasteiger partial charge is 0.344 e. The Morgan fingerprint density at radius 2 is 2.47 bits per heavy atom. The van der Waals surface area contributed by atoms with Crippen LogP contribution in [0, 0.1) is 10.1 Å². The Labute approximate surface area is 86.5 Å². The van der Waals surface area contributed by atoms with Gasteiger partial charge in [0.1, 0.15) is 5.76 Å². The molecule has 6 heteroatoms. The second kappa shape index (κ2) is 4.22. The van der Waals surface area contributed by atoms with Crippen LogP contribution < -0.4 is 5.73 Å². The summed E-state index contributed by atoms with van der Waals surface area (Å²) < 4.78 is 4.83. The van der Waals surface area contributed by atoms with Gasteiger partial charge in [0.2, 0.25) is 0 Å². The topological polar surface area (TPSA) is 95.5 Å². The highest BCUT2D eigenvalue weighted by Gasteiger charge is 2.28. The third kappa shape index (κ3) is 2.88. The van der Waals surface area contributed by atoms with Crippen LogP contribution in [-0.2, 0) is 9.53 Å². The van der Waals surface area contributed by atoms with Gasteiger partial charge in [-0.3, -0.25) is 14.9 Å². The second-order valence-corrected chi connectivity index (χ2v) is 3.35. The molecule has 1 unspecified atom stereocenters. The van der Waals surface area contributed by atoms with Crippen molar-refractivity contribution < 1.29 is 14.5 Å². The fourth-order valence-corrected chi connectivity index (χ4v) is 1.13. The van der Waals surface area contributed by atoms with Gasteiger partial charge in [0, 0.05) is 0 Å². The number of hydrogen-bond donors (Lipinski definition) is 1. The highest BCUT2D eigenvalue weighted by Crippen LogP contribution is 2.20. The summed E-state index contributed by atoms with van der Waals surface area (Å²) >= 11 is 0. The van der Waals surface area contributed by atoms with E-state index in [2.05, 4.69) is 0 Å². The van der Waals surface area contributed by atoms with E-state index in [4.69, 9.17) is 10.5 Å². The fourth-order valence-electron chi connectivity index (χ4n) is 1.13. The van der Waals surface area contributed by atoms with E-state index in [9.17, 15) is 14.9 Å². The second-order valence-electron chi connectivity index (χ2n) is 3.35. The number of carbonyl (C=O) groups is 1. The predicted molar refractivity (Wildman–Crippen MR) is 52.4 cm³/mol. The molecule has 1 atom stereocenters. The Balaban J connectivity index is 2.57. The molecule has 0 heterocycles. The minimum atomic E-state index is -0.999. The van der Waals surface area contributed by atoms with Gasteiger partial charge in [-0.2, -0.15) is 0 Å². The van der Waals surface area contributed by atoms with Gasteiger partial charge >= 0.3 is 6.73 Å². The molecule has 0 aromatic carbocycles. The molecule has 82 valence electrons. The number of carbonyl (C=O) groups excluding carboxylic acids is 1. The van der Waals surface area contributed by atoms with Crippen LogP contribution in [0.4, 0.5) is 0 Å². The number of Topliss-reactive ketones (excluding diaryl/α,β-unsaturated/α-hetero) is 1. The van der Waals surface area contributed by atoms with E-state index in [1.165, 1.54) is 19.1 Å². The molecule has 0 spiro atoms. The molecule has 0 saturated carbocycles. The molecule has 0 fully saturated rings. The van der Waals surface area contributed by atoms with Crippen molar-refractivity contribution in [3.8, 4) is 0 Å². The molecule has 0 amide bonds. The zero-order valence-electron chi connectivity index (χ0n) is 8.30. The zero-order valence-corrected chi connectivity index (χ0v) is 8.30. The Morgan fingerprint density at radius 1 is 1.80 bits per heavy atom. The average Bonchev–Trinajstić information content (AvgIpc) is 2.16. The van der Waals surface area contributed by atoms with E-state index < -0.39 is 17.2 Å². The van der Waals surface area contributed by atoms with Crippen molar-refractivity contribution in [3.05, 3.63) is 34.1 Å². The van der Waals surface area contributed by atoms with Crippen molar-refractivity contribution in [3.63, 3.8) is 0 Å². The van der Waals surface area contributed by atoms with Gasteiger partial charge in [-0.25, -0.2) is 0 Å². The molecule has 1 aliphatic rings. The summed E-state index contributed by atoms with van der Waals surface area (Å²) in [6, 6.07) is 0. The first-order chi connectivity index (χ1) is 6.94.